The number of pyridine rings is 1. The Morgan fingerprint density at radius 3 is 2.21 bits per heavy atom. The molecule has 38 heavy (non-hydrogen) atoms. The highest BCUT2D eigenvalue weighted by atomic mass is 32.2. The minimum atomic E-state index is -0.963. The monoisotopic (exact) mass is 535 g/mol. The molecule has 0 spiro atoms. The quantitative estimate of drug-likeness (QED) is 0.288. The van der Waals surface area contributed by atoms with E-state index in [0.717, 1.165) is 21.7 Å². The lowest BCUT2D eigenvalue weighted by Gasteiger charge is -2.25. The molecule has 3 rings (SSSR count). The molecule has 0 aliphatic carbocycles. The van der Waals surface area contributed by atoms with Crippen molar-refractivity contribution in [2.24, 2.45) is 0 Å². The van der Waals surface area contributed by atoms with Gasteiger partial charge in [0.1, 0.15) is 17.7 Å². The van der Waals surface area contributed by atoms with Crippen molar-refractivity contribution >= 4 is 29.7 Å². The minimum Gasteiger partial charge on any atom is -0.467 e. The predicted molar refractivity (Wildman–Crippen MR) is 148 cm³/mol. The Morgan fingerprint density at radius 2 is 1.58 bits per heavy atom. The molecule has 0 radical (unpaired) electrons. The van der Waals surface area contributed by atoms with Crippen molar-refractivity contribution in [3.8, 4) is 11.3 Å². The molecule has 200 valence electrons. The van der Waals surface area contributed by atoms with Gasteiger partial charge >= 0.3 is 12.1 Å². The molecule has 1 aromatic heterocycles. The van der Waals surface area contributed by atoms with Crippen LogP contribution in [0.15, 0.2) is 83.9 Å². The largest absolute Gasteiger partial charge is 0.467 e. The van der Waals surface area contributed by atoms with Crippen LogP contribution >= 0.6 is 11.8 Å². The summed E-state index contributed by atoms with van der Waals surface area (Å²) in [6.07, 6.45) is 1.21. The summed E-state index contributed by atoms with van der Waals surface area (Å²) in [5, 5.41) is 5.40. The van der Waals surface area contributed by atoms with E-state index in [1.807, 2.05) is 72.8 Å². The number of carbonyl (C=O) groups excluding carboxylic acids is 3. The number of rotatable bonds is 10. The fraction of sp³-hybridized carbons (Fsp3) is 0.310. The third-order valence-electron chi connectivity index (χ3n) is 5.31. The number of benzene rings is 2. The van der Waals surface area contributed by atoms with E-state index in [-0.39, 0.29) is 12.2 Å². The van der Waals surface area contributed by atoms with Crippen molar-refractivity contribution in [3.05, 3.63) is 84.6 Å². The topological polar surface area (TPSA) is 107 Å². The van der Waals surface area contributed by atoms with E-state index < -0.39 is 35.7 Å². The van der Waals surface area contributed by atoms with Gasteiger partial charge in [0.2, 0.25) is 5.91 Å². The predicted octanol–water partition coefficient (Wildman–Crippen LogP) is 4.63. The zero-order valence-corrected chi connectivity index (χ0v) is 22.8. The smallest absolute Gasteiger partial charge is 0.408 e. The summed E-state index contributed by atoms with van der Waals surface area (Å²) in [5.41, 5.74) is 1.90. The first kappa shape index (κ1) is 28.7. The molecule has 0 saturated heterocycles. The highest BCUT2D eigenvalue weighted by molar-refractivity contribution is 7.99. The average Bonchev–Trinajstić information content (AvgIpc) is 2.90. The zero-order chi connectivity index (χ0) is 27.5. The summed E-state index contributed by atoms with van der Waals surface area (Å²) < 4.78 is 10.3. The van der Waals surface area contributed by atoms with Gasteiger partial charge in [0.15, 0.2) is 0 Å². The second kappa shape index (κ2) is 13.6. The van der Waals surface area contributed by atoms with Crippen LogP contribution in [0.5, 0.6) is 0 Å². The molecule has 2 atom stereocenters. The molecule has 3 aromatic rings. The Kier molecular flexibility index (Phi) is 10.3. The summed E-state index contributed by atoms with van der Waals surface area (Å²) >= 11 is 1.39. The molecule has 2 aromatic carbocycles. The van der Waals surface area contributed by atoms with E-state index in [4.69, 9.17) is 9.47 Å². The lowest BCUT2D eigenvalue weighted by molar-refractivity contribution is -0.144. The number of esters is 1. The molecule has 0 saturated carbocycles. The van der Waals surface area contributed by atoms with Crippen LogP contribution in [0, 0.1) is 0 Å². The van der Waals surface area contributed by atoms with Gasteiger partial charge in [0, 0.05) is 28.8 Å². The molecule has 1 heterocycles. The number of carbonyl (C=O) groups is 3. The van der Waals surface area contributed by atoms with Crippen molar-refractivity contribution in [2.75, 3.05) is 12.9 Å². The molecular weight excluding hydrogens is 502 g/mol. The van der Waals surface area contributed by atoms with Crippen molar-refractivity contribution < 1.29 is 23.9 Å². The zero-order valence-electron chi connectivity index (χ0n) is 22.0. The Balaban J connectivity index is 1.72. The van der Waals surface area contributed by atoms with E-state index in [1.165, 1.54) is 18.9 Å². The third kappa shape index (κ3) is 9.23. The van der Waals surface area contributed by atoms with Gasteiger partial charge in [-0.05, 0) is 38.5 Å². The highest BCUT2D eigenvalue weighted by Crippen LogP contribution is 2.24. The van der Waals surface area contributed by atoms with Crippen LogP contribution < -0.4 is 10.6 Å². The van der Waals surface area contributed by atoms with Gasteiger partial charge in [0.05, 0.1) is 12.8 Å². The molecule has 0 aliphatic heterocycles. The number of thioether (sulfide) groups is 1. The Labute approximate surface area is 227 Å². The lowest BCUT2D eigenvalue weighted by atomic mass is 10.1. The summed E-state index contributed by atoms with van der Waals surface area (Å²) in [6, 6.07) is 20.9. The highest BCUT2D eigenvalue weighted by Gasteiger charge is 2.29. The number of ether oxygens (including phenoxy) is 2. The summed E-state index contributed by atoms with van der Waals surface area (Å²) in [5.74, 6) is -0.879. The van der Waals surface area contributed by atoms with Gasteiger partial charge in [-0.3, -0.25) is 9.78 Å². The van der Waals surface area contributed by atoms with Crippen LogP contribution in [0.2, 0.25) is 0 Å². The van der Waals surface area contributed by atoms with Gasteiger partial charge in [0.25, 0.3) is 0 Å². The van der Waals surface area contributed by atoms with E-state index in [2.05, 4.69) is 15.6 Å². The molecule has 0 fully saturated rings. The Bertz CT molecular complexity index is 1220. The number of hydrogen-bond acceptors (Lipinski definition) is 7. The first-order valence-electron chi connectivity index (χ1n) is 12.2. The molecule has 0 aliphatic rings. The van der Waals surface area contributed by atoms with Crippen LogP contribution in [0.1, 0.15) is 26.3 Å². The summed E-state index contributed by atoms with van der Waals surface area (Å²) in [4.78, 5) is 43.7. The number of nitrogens with one attached hydrogen (secondary N) is 2. The molecule has 0 unspecified atom stereocenters. The van der Waals surface area contributed by atoms with Gasteiger partial charge in [-0.2, -0.15) is 0 Å². The van der Waals surface area contributed by atoms with Crippen LogP contribution in [-0.2, 0) is 25.5 Å². The fourth-order valence-corrected chi connectivity index (χ4v) is 4.47. The van der Waals surface area contributed by atoms with Crippen molar-refractivity contribution in [1.29, 1.82) is 0 Å². The van der Waals surface area contributed by atoms with Crippen LogP contribution in [-0.4, -0.2) is 53.5 Å². The molecular formula is C29H33N3O5S. The van der Waals surface area contributed by atoms with Gasteiger partial charge in [-0.1, -0.05) is 60.7 Å². The van der Waals surface area contributed by atoms with E-state index in [9.17, 15) is 14.4 Å². The number of nitrogens with zero attached hydrogens (tertiary/aromatic N) is 1. The summed E-state index contributed by atoms with van der Waals surface area (Å²) in [7, 11) is 1.27. The van der Waals surface area contributed by atoms with E-state index in [1.54, 1.807) is 27.0 Å². The van der Waals surface area contributed by atoms with E-state index >= 15 is 0 Å². The average molecular weight is 536 g/mol. The maximum Gasteiger partial charge on any atom is 0.408 e. The van der Waals surface area contributed by atoms with Crippen molar-refractivity contribution in [1.82, 2.24) is 15.6 Å². The maximum absolute atomic E-state index is 13.3. The summed E-state index contributed by atoms with van der Waals surface area (Å²) in [6.45, 7) is 5.23. The van der Waals surface area contributed by atoms with E-state index in [0.29, 0.717) is 0 Å². The van der Waals surface area contributed by atoms with Crippen LogP contribution in [0.4, 0.5) is 4.79 Å². The number of amides is 2. The number of hydrogen-bond donors (Lipinski definition) is 2. The second-order valence-corrected chi connectivity index (χ2v) is 10.6. The fourth-order valence-electron chi connectivity index (χ4n) is 3.54. The first-order chi connectivity index (χ1) is 18.1. The number of aromatic nitrogens is 1. The maximum atomic E-state index is 13.3. The van der Waals surface area contributed by atoms with Crippen molar-refractivity contribution in [3.63, 3.8) is 0 Å². The number of methoxy groups -OCH3 is 1. The molecule has 2 N–H and O–H groups in total. The molecule has 9 heteroatoms. The third-order valence-corrected chi connectivity index (χ3v) is 6.40. The first-order valence-corrected chi connectivity index (χ1v) is 13.2. The van der Waals surface area contributed by atoms with Gasteiger partial charge in [-0.15, -0.1) is 11.8 Å². The lowest BCUT2D eigenvalue weighted by Crippen LogP contribution is -2.54. The van der Waals surface area contributed by atoms with Gasteiger partial charge in [-0.25, -0.2) is 9.59 Å². The molecule has 2 amide bonds. The van der Waals surface area contributed by atoms with Crippen LogP contribution in [0.3, 0.4) is 0 Å². The Morgan fingerprint density at radius 1 is 0.921 bits per heavy atom. The molecule has 0 bridgehead atoms. The van der Waals surface area contributed by atoms with Crippen molar-refractivity contribution in [2.45, 2.75) is 49.8 Å². The number of alkyl carbamates (subject to hydrolysis) is 1. The standard InChI is InChI=1S/C29H33N3O5S/c1-29(2,3)37-28(35)32-24(17-20-11-7-5-8-12-20)26(33)31-25(27(34)36-4)19-38-22-15-16-30-23(18-22)21-13-9-6-10-14-21/h5-16,18,24-25H,17,19H2,1-4H3,(H,31,33)(H,32,35)/t24-,25-/m0/s1. The van der Waals surface area contributed by atoms with Gasteiger partial charge < -0.3 is 20.1 Å². The second-order valence-electron chi connectivity index (χ2n) is 9.53. The molecule has 8 nitrogen and oxygen atoms in total. The minimum absolute atomic E-state index is 0.220. The normalized spacial score (nSPS) is 12.6. The SMILES string of the molecule is COC(=O)[C@H](CSc1ccnc(-c2ccccc2)c1)NC(=O)[C@H](Cc1ccccc1)NC(=O)OC(C)(C)C. The Hall–Kier alpha value is -3.85. The van der Waals surface area contributed by atoms with Crippen LogP contribution in [0.25, 0.3) is 11.3 Å².